The number of ether oxygens (including phenoxy) is 3. The second-order valence-electron chi connectivity index (χ2n) is 8.61. The van der Waals surface area contributed by atoms with Crippen LogP contribution in [0.3, 0.4) is 0 Å². The van der Waals surface area contributed by atoms with E-state index in [1.807, 2.05) is 36.1 Å². The summed E-state index contributed by atoms with van der Waals surface area (Å²) < 4.78 is 16.7. The number of thiophene rings is 1. The molecule has 2 atom stereocenters. The zero-order valence-corrected chi connectivity index (χ0v) is 20.3. The molecular formula is C25H34N2O5S. The Balaban J connectivity index is 1.43. The molecule has 0 radical (unpaired) electrons. The van der Waals surface area contributed by atoms with Gasteiger partial charge in [0.05, 0.1) is 32.4 Å². The fraction of sp³-hybridized carbons (Fsp3) is 0.560. The van der Waals surface area contributed by atoms with Crippen LogP contribution in [0.4, 0.5) is 0 Å². The third-order valence-corrected chi connectivity index (χ3v) is 7.24. The summed E-state index contributed by atoms with van der Waals surface area (Å²) in [5.74, 6) is 1.62. The molecule has 2 aromatic rings. The molecule has 1 fully saturated rings. The van der Waals surface area contributed by atoms with E-state index in [0.717, 1.165) is 30.8 Å². The fourth-order valence-corrected chi connectivity index (χ4v) is 5.27. The van der Waals surface area contributed by atoms with Gasteiger partial charge in [0.15, 0.2) is 0 Å². The molecule has 4 rings (SSSR count). The average molecular weight is 475 g/mol. The van der Waals surface area contributed by atoms with Crippen molar-refractivity contribution in [1.82, 2.24) is 9.80 Å². The third kappa shape index (κ3) is 6.26. The molecule has 1 aromatic carbocycles. The highest BCUT2D eigenvalue weighted by Crippen LogP contribution is 2.35. The lowest BCUT2D eigenvalue weighted by atomic mass is 10.0. The molecule has 1 N–H and O–H groups in total. The monoisotopic (exact) mass is 474 g/mol. The normalized spacial score (nSPS) is 18.8. The summed E-state index contributed by atoms with van der Waals surface area (Å²) in [6, 6.07) is 9.89. The van der Waals surface area contributed by atoms with Crippen LogP contribution in [-0.2, 0) is 16.0 Å². The number of methoxy groups -OCH3 is 1. The molecule has 0 spiro atoms. The maximum absolute atomic E-state index is 13.5. The predicted octanol–water partition coefficient (Wildman–Crippen LogP) is 3.12. The molecule has 1 aliphatic carbocycles. The first-order valence-corrected chi connectivity index (χ1v) is 12.6. The standard InChI is InChI=1S/C25H34N2O5S/c1-3-31-16-19(28)14-26(18-4-5-18)15-25(29)27-12-10-24-22(11-13-33-24)23(27)17-32-21-8-6-20(30-2)7-9-21/h6-9,11,13,18-19,23,28H,3-5,10,12,14-17H2,1-2H3/t19-,23-/m1/s1. The number of nitrogens with zero attached hydrogens (tertiary/aromatic N) is 2. The van der Waals surface area contributed by atoms with Gasteiger partial charge in [0.2, 0.25) is 5.91 Å². The van der Waals surface area contributed by atoms with Crippen molar-refractivity contribution in [2.24, 2.45) is 0 Å². The Morgan fingerprint density at radius 1 is 1.24 bits per heavy atom. The van der Waals surface area contributed by atoms with Crippen LogP contribution in [0.5, 0.6) is 11.5 Å². The minimum absolute atomic E-state index is 0.0886. The van der Waals surface area contributed by atoms with Crippen LogP contribution in [0.1, 0.15) is 36.2 Å². The van der Waals surface area contributed by atoms with Gasteiger partial charge >= 0.3 is 0 Å². The van der Waals surface area contributed by atoms with Crippen LogP contribution in [0.15, 0.2) is 35.7 Å². The number of benzene rings is 1. The highest BCUT2D eigenvalue weighted by atomic mass is 32.1. The quantitative estimate of drug-likeness (QED) is 0.510. The van der Waals surface area contributed by atoms with E-state index in [2.05, 4.69) is 16.3 Å². The number of amides is 1. The summed E-state index contributed by atoms with van der Waals surface area (Å²) in [5, 5.41) is 12.4. The van der Waals surface area contributed by atoms with Crippen molar-refractivity contribution in [2.75, 3.05) is 46.6 Å². The number of aliphatic hydroxyl groups is 1. The third-order valence-electron chi connectivity index (χ3n) is 6.24. The van der Waals surface area contributed by atoms with Gasteiger partial charge in [-0.15, -0.1) is 11.3 Å². The number of rotatable bonds is 12. The lowest BCUT2D eigenvalue weighted by molar-refractivity contribution is -0.136. The van der Waals surface area contributed by atoms with Gasteiger partial charge in [-0.1, -0.05) is 0 Å². The first-order chi connectivity index (χ1) is 16.1. The minimum Gasteiger partial charge on any atom is -0.497 e. The molecule has 1 saturated carbocycles. The number of carbonyl (C=O) groups excluding carboxylic acids is 1. The summed E-state index contributed by atoms with van der Waals surface area (Å²) in [7, 11) is 1.64. The van der Waals surface area contributed by atoms with Crippen molar-refractivity contribution in [3.05, 3.63) is 46.2 Å². The Bertz CT molecular complexity index is 898. The van der Waals surface area contributed by atoms with E-state index in [-0.39, 0.29) is 11.9 Å². The Morgan fingerprint density at radius 3 is 2.70 bits per heavy atom. The van der Waals surface area contributed by atoms with Crippen LogP contribution in [-0.4, -0.2) is 79.5 Å². The van der Waals surface area contributed by atoms with Gasteiger partial charge in [-0.25, -0.2) is 0 Å². The molecule has 2 heterocycles. The molecule has 0 saturated heterocycles. The number of carbonyl (C=O) groups is 1. The van der Waals surface area contributed by atoms with Gasteiger partial charge in [0.1, 0.15) is 18.1 Å². The lowest BCUT2D eigenvalue weighted by Gasteiger charge is -2.37. The van der Waals surface area contributed by atoms with E-state index in [1.54, 1.807) is 18.4 Å². The summed E-state index contributed by atoms with van der Waals surface area (Å²) in [6.07, 6.45) is 2.44. The molecule has 2 aliphatic rings. The number of hydrogen-bond acceptors (Lipinski definition) is 7. The smallest absolute Gasteiger partial charge is 0.237 e. The topological polar surface area (TPSA) is 71.5 Å². The van der Waals surface area contributed by atoms with E-state index in [0.29, 0.717) is 45.5 Å². The van der Waals surface area contributed by atoms with E-state index >= 15 is 0 Å². The summed E-state index contributed by atoms with van der Waals surface area (Å²) in [6.45, 7) is 4.65. The number of fused-ring (bicyclic) bond motifs is 1. The predicted molar refractivity (Wildman–Crippen MR) is 128 cm³/mol. The van der Waals surface area contributed by atoms with Gasteiger partial charge in [0.25, 0.3) is 0 Å². The van der Waals surface area contributed by atoms with Gasteiger partial charge in [-0.2, -0.15) is 0 Å². The van der Waals surface area contributed by atoms with E-state index in [1.165, 1.54) is 10.4 Å². The highest BCUT2D eigenvalue weighted by Gasteiger charge is 2.36. The number of hydrogen-bond donors (Lipinski definition) is 1. The van der Waals surface area contributed by atoms with Crippen molar-refractivity contribution >= 4 is 17.2 Å². The van der Waals surface area contributed by atoms with Crippen molar-refractivity contribution in [2.45, 2.75) is 44.4 Å². The van der Waals surface area contributed by atoms with E-state index < -0.39 is 6.10 Å². The average Bonchev–Trinajstić information content (AvgIpc) is 3.57. The molecule has 1 amide bonds. The second-order valence-corrected chi connectivity index (χ2v) is 9.61. The molecule has 1 aromatic heterocycles. The van der Waals surface area contributed by atoms with Crippen LogP contribution in [0.25, 0.3) is 0 Å². The lowest BCUT2D eigenvalue weighted by Crippen LogP contribution is -2.48. The maximum Gasteiger partial charge on any atom is 0.237 e. The summed E-state index contributed by atoms with van der Waals surface area (Å²) >= 11 is 1.75. The highest BCUT2D eigenvalue weighted by molar-refractivity contribution is 7.10. The Kier molecular flexibility index (Phi) is 8.25. The van der Waals surface area contributed by atoms with E-state index in [9.17, 15) is 9.90 Å². The molecular weight excluding hydrogens is 440 g/mol. The van der Waals surface area contributed by atoms with Gasteiger partial charge < -0.3 is 24.2 Å². The maximum atomic E-state index is 13.5. The molecule has 33 heavy (non-hydrogen) atoms. The molecule has 0 unspecified atom stereocenters. The van der Waals surface area contributed by atoms with Gasteiger partial charge in [-0.3, -0.25) is 9.69 Å². The summed E-state index contributed by atoms with van der Waals surface area (Å²) in [4.78, 5) is 18.9. The second kappa shape index (κ2) is 11.3. The molecule has 180 valence electrons. The van der Waals surface area contributed by atoms with Crippen molar-refractivity contribution in [1.29, 1.82) is 0 Å². The SMILES string of the molecule is CCOC[C@H](O)CN(CC(=O)N1CCc2sccc2[C@H]1COc1ccc(OC)cc1)C1CC1. The van der Waals surface area contributed by atoms with E-state index in [4.69, 9.17) is 14.2 Å². The number of aliphatic hydroxyl groups excluding tert-OH is 1. The molecule has 1 aliphatic heterocycles. The molecule has 7 nitrogen and oxygen atoms in total. The first-order valence-electron chi connectivity index (χ1n) is 11.7. The molecule has 8 heteroatoms. The van der Waals surface area contributed by atoms with Gasteiger partial charge in [0, 0.05) is 30.6 Å². The Hall–Kier alpha value is -2.13. The summed E-state index contributed by atoms with van der Waals surface area (Å²) in [5.41, 5.74) is 1.18. The minimum atomic E-state index is -0.586. The Morgan fingerprint density at radius 2 is 2.00 bits per heavy atom. The zero-order valence-electron chi connectivity index (χ0n) is 19.4. The van der Waals surface area contributed by atoms with Crippen LogP contribution < -0.4 is 9.47 Å². The fourth-order valence-electron chi connectivity index (χ4n) is 4.35. The van der Waals surface area contributed by atoms with Gasteiger partial charge in [-0.05, 0) is 67.5 Å². The Labute approximate surface area is 199 Å². The molecule has 0 bridgehead atoms. The zero-order chi connectivity index (χ0) is 23.2. The first kappa shape index (κ1) is 24.0. The van der Waals surface area contributed by atoms with Crippen LogP contribution in [0, 0.1) is 0 Å². The van der Waals surface area contributed by atoms with Crippen molar-refractivity contribution < 1.29 is 24.1 Å². The van der Waals surface area contributed by atoms with Crippen molar-refractivity contribution in [3.63, 3.8) is 0 Å². The largest absolute Gasteiger partial charge is 0.497 e. The van der Waals surface area contributed by atoms with Crippen LogP contribution in [0.2, 0.25) is 0 Å². The van der Waals surface area contributed by atoms with Crippen LogP contribution >= 0.6 is 11.3 Å². The van der Waals surface area contributed by atoms with Crippen molar-refractivity contribution in [3.8, 4) is 11.5 Å².